The van der Waals surface area contributed by atoms with Crippen LogP contribution in [0, 0.1) is 20.8 Å². The van der Waals surface area contributed by atoms with Gasteiger partial charge in [0.25, 0.3) is 0 Å². The zero-order valence-corrected chi connectivity index (χ0v) is 25.7. The van der Waals surface area contributed by atoms with E-state index < -0.39 is 0 Å². The number of aryl methyl sites for hydroxylation is 3. The first-order valence-corrected chi connectivity index (χ1v) is 14.8. The Kier molecular flexibility index (Phi) is 7.24. The molecule has 0 amide bonds. The van der Waals surface area contributed by atoms with Crippen molar-refractivity contribution in [3.8, 4) is 11.4 Å². The predicted molar refractivity (Wildman–Crippen MR) is 167 cm³/mol. The summed E-state index contributed by atoms with van der Waals surface area (Å²) in [5.41, 5.74) is 10.6. The fraction of sp³-hybridized carbons (Fsp3) is 0.485. The van der Waals surface area contributed by atoms with E-state index in [9.17, 15) is 0 Å². The molecule has 0 bridgehead atoms. The first-order chi connectivity index (χ1) is 19.7. The SMILES string of the molecule is COC1CN(c2nc(-c3c(C)ccc4[nH]nc(C)c34)nc3c2CN(c2cc(C(C)C)ccc2C)CC3)CC1N(C)C. The molecule has 41 heavy (non-hydrogen) atoms. The molecule has 4 heterocycles. The minimum absolute atomic E-state index is 0.116. The van der Waals surface area contributed by atoms with Crippen LogP contribution in [0.1, 0.15) is 53.4 Å². The number of ether oxygens (including phenoxy) is 1. The van der Waals surface area contributed by atoms with Crippen LogP contribution in [0.4, 0.5) is 11.5 Å². The Balaban J connectivity index is 1.49. The largest absolute Gasteiger partial charge is 0.378 e. The Morgan fingerprint density at radius 3 is 2.49 bits per heavy atom. The van der Waals surface area contributed by atoms with Gasteiger partial charge >= 0.3 is 0 Å². The standard InChI is InChI=1S/C33H43N7O/c1-19(2)23-11-9-20(3)27(15-23)39-14-13-25-24(16-39)33(40-17-28(38(6)7)29(18-40)41-8)35-32(34-25)30-21(4)10-12-26-31(30)22(5)36-37-26/h9-12,15,19,28-29H,13-14,16-18H2,1-8H3,(H,36,37). The quantitative estimate of drug-likeness (QED) is 0.343. The molecule has 216 valence electrons. The van der Waals surface area contributed by atoms with Gasteiger partial charge in [-0.3, -0.25) is 5.10 Å². The van der Waals surface area contributed by atoms with Crippen LogP contribution in [0.25, 0.3) is 22.3 Å². The lowest BCUT2D eigenvalue weighted by Gasteiger charge is -2.34. The molecule has 4 aromatic rings. The molecule has 2 aliphatic rings. The fourth-order valence-corrected chi connectivity index (χ4v) is 6.62. The van der Waals surface area contributed by atoms with Crippen molar-refractivity contribution in [3.63, 3.8) is 0 Å². The summed E-state index contributed by atoms with van der Waals surface area (Å²) in [4.78, 5) is 17.9. The first kappa shape index (κ1) is 27.7. The lowest BCUT2D eigenvalue weighted by Crippen LogP contribution is -2.39. The van der Waals surface area contributed by atoms with E-state index in [0.29, 0.717) is 12.0 Å². The number of H-pyrrole nitrogens is 1. The highest BCUT2D eigenvalue weighted by molar-refractivity contribution is 5.96. The molecule has 1 saturated heterocycles. The van der Waals surface area contributed by atoms with Crippen molar-refractivity contribution in [1.29, 1.82) is 0 Å². The van der Waals surface area contributed by atoms with Gasteiger partial charge in [-0.25, -0.2) is 9.97 Å². The summed E-state index contributed by atoms with van der Waals surface area (Å²) in [6.07, 6.45) is 0.992. The summed E-state index contributed by atoms with van der Waals surface area (Å²) < 4.78 is 5.97. The number of aromatic amines is 1. The molecule has 2 aromatic carbocycles. The van der Waals surface area contributed by atoms with Crippen LogP contribution in [-0.4, -0.2) is 78.1 Å². The van der Waals surface area contributed by atoms with E-state index >= 15 is 0 Å². The highest BCUT2D eigenvalue weighted by Gasteiger charge is 2.37. The number of methoxy groups -OCH3 is 1. The zero-order valence-electron chi connectivity index (χ0n) is 25.7. The topological polar surface area (TPSA) is 73.4 Å². The number of fused-ring (bicyclic) bond motifs is 2. The van der Waals surface area contributed by atoms with Crippen molar-refractivity contribution < 1.29 is 4.74 Å². The van der Waals surface area contributed by atoms with E-state index in [1.54, 1.807) is 0 Å². The van der Waals surface area contributed by atoms with Gasteiger partial charge in [-0.2, -0.15) is 5.10 Å². The fourth-order valence-electron chi connectivity index (χ4n) is 6.62. The van der Waals surface area contributed by atoms with Gasteiger partial charge in [0.15, 0.2) is 5.82 Å². The van der Waals surface area contributed by atoms with Crippen molar-refractivity contribution in [2.24, 2.45) is 0 Å². The molecular weight excluding hydrogens is 510 g/mol. The molecule has 2 aromatic heterocycles. The summed E-state index contributed by atoms with van der Waals surface area (Å²) in [6.45, 7) is 14.3. The Labute approximate surface area is 243 Å². The number of anilines is 2. The average molecular weight is 554 g/mol. The van der Waals surface area contributed by atoms with E-state index in [4.69, 9.17) is 14.7 Å². The summed E-state index contributed by atoms with van der Waals surface area (Å²) >= 11 is 0. The molecular formula is C33H43N7O. The maximum atomic E-state index is 5.97. The summed E-state index contributed by atoms with van der Waals surface area (Å²) in [5.74, 6) is 2.32. The smallest absolute Gasteiger partial charge is 0.162 e. The third kappa shape index (κ3) is 4.87. The number of aromatic nitrogens is 4. The Hall–Kier alpha value is -3.49. The minimum atomic E-state index is 0.116. The van der Waals surface area contributed by atoms with Crippen molar-refractivity contribution >= 4 is 22.4 Å². The van der Waals surface area contributed by atoms with Gasteiger partial charge < -0.3 is 19.4 Å². The second-order valence-corrected chi connectivity index (χ2v) is 12.4. The van der Waals surface area contributed by atoms with Gasteiger partial charge in [0.2, 0.25) is 0 Å². The number of nitrogens with zero attached hydrogens (tertiary/aromatic N) is 6. The normalized spacial score (nSPS) is 19.2. The number of benzene rings is 2. The third-order valence-corrected chi connectivity index (χ3v) is 9.12. The molecule has 1 fully saturated rings. The van der Waals surface area contributed by atoms with Crippen LogP contribution >= 0.6 is 0 Å². The molecule has 2 unspecified atom stereocenters. The molecule has 6 rings (SSSR count). The van der Waals surface area contributed by atoms with E-state index in [-0.39, 0.29) is 6.10 Å². The van der Waals surface area contributed by atoms with Crippen LogP contribution in [0.5, 0.6) is 0 Å². The second kappa shape index (κ2) is 10.7. The monoisotopic (exact) mass is 553 g/mol. The van der Waals surface area contributed by atoms with Gasteiger partial charge in [0.05, 0.1) is 29.1 Å². The molecule has 1 N–H and O–H groups in total. The number of rotatable bonds is 6. The van der Waals surface area contributed by atoms with E-state index in [2.05, 4.69) is 104 Å². The third-order valence-electron chi connectivity index (χ3n) is 9.12. The van der Waals surface area contributed by atoms with E-state index in [0.717, 1.165) is 77.7 Å². The number of hydrogen-bond donors (Lipinski definition) is 1. The Morgan fingerprint density at radius 1 is 1.00 bits per heavy atom. The van der Waals surface area contributed by atoms with Crippen LogP contribution < -0.4 is 9.80 Å². The molecule has 0 spiro atoms. The summed E-state index contributed by atoms with van der Waals surface area (Å²) in [7, 11) is 6.10. The molecule has 2 aliphatic heterocycles. The predicted octanol–water partition coefficient (Wildman–Crippen LogP) is 5.40. The minimum Gasteiger partial charge on any atom is -0.378 e. The number of nitrogens with one attached hydrogen (secondary N) is 1. The highest BCUT2D eigenvalue weighted by Crippen LogP contribution is 2.38. The second-order valence-electron chi connectivity index (χ2n) is 12.4. The van der Waals surface area contributed by atoms with Gasteiger partial charge in [-0.05, 0) is 69.6 Å². The summed E-state index contributed by atoms with van der Waals surface area (Å²) in [6, 6.07) is 11.4. The average Bonchev–Trinajstić information content (AvgIpc) is 3.56. The highest BCUT2D eigenvalue weighted by atomic mass is 16.5. The molecule has 0 radical (unpaired) electrons. The molecule has 8 heteroatoms. The van der Waals surface area contributed by atoms with Gasteiger partial charge in [-0.1, -0.05) is 32.0 Å². The van der Waals surface area contributed by atoms with E-state index in [1.807, 2.05) is 7.11 Å². The lowest BCUT2D eigenvalue weighted by molar-refractivity contribution is 0.0639. The summed E-state index contributed by atoms with van der Waals surface area (Å²) in [5, 5.41) is 8.81. The maximum absolute atomic E-state index is 5.97. The number of likely N-dealkylation sites (N-methyl/N-ethyl adjacent to an activating group) is 1. The van der Waals surface area contributed by atoms with Crippen LogP contribution in [0.3, 0.4) is 0 Å². The van der Waals surface area contributed by atoms with Gasteiger partial charge in [0.1, 0.15) is 5.82 Å². The van der Waals surface area contributed by atoms with Crippen molar-refractivity contribution in [1.82, 2.24) is 25.1 Å². The van der Waals surface area contributed by atoms with Crippen molar-refractivity contribution in [3.05, 3.63) is 64.0 Å². The molecule has 2 atom stereocenters. The van der Waals surface area contributed by atoms with Gasteiger partial charge in [0, 0.05) is 61.9 Å². The number of hydrogen-bond acceptors (Lipinski definition) is 7. The van der Waals surface area contributed by atoms with Crippen molar-refractivity contribution in [2.75, 3.05) is 50.6 Å². The molecule has 0 saturated carbocycles. The first-order valence-electron chi connectivity index (χ1n) is 14.8. The van der Waals surface area contributed by atoms with Gasteiger partial charge in [-0.15, -0.1) is 0 Å². The molecule has 0 aliphatic carbocycles. The molecule has 8 nitrogen and oxygen atoms in total. The van der Waals surface area contributed by atoms with Crippen LogP contribution in [0.15, 0.2) is 30.3 Å². The lowest BCUT2D eigenvalue weighted by atomic mass is 9.97. The van der Waals surface area contributed by atoms with E-state index in [1.165, 1.54) is 22.4 Å². The maximum Gasteiger partial charge on any atom is 0.162 e. The van der Waals surface area contributed by atoms with Crippen LogP contribution in [0.2, 0.25) is 0 Å². The Morgan fingerprint density at radius 2 is 1.78 bits per heavy atom. The van der Waals surface area contributed by atoms with Crippen molar-refractivity contribution in [2.45, 2.75) is 65.6 Å². The zero-order chi connectivity index (χ0) is 29.0. The Bertz CT molecular complexity index is 1590. The van der Waals surface area contributed by atoms with Crippen LogP contribution in [-0.2, 0) is 17.7 Å².